The van der Waals surface area contributed by atoms with Crippen molar-refractivity contribution in [3.05, 3.63) is 65.7 Å². The molecule has 1 fully saturated rings. The van der Waals surface area contributed by atoms with Gasteiger partial charge in [0.1, 0.15) is 0 Å². The SMILES string of the molecule is COCC1(c2ccccc2NC(=O)O)CCN(CCc2ccccc2)CC1. The van der Waals surface area contributed by atoms with Crippen LogP contribution in [-0.2, 0) is 16.6 Å². The van der Waals surface area contributed by atoms with E-state index >= 15 is 0 Å². The molecule has 0 saturated carbocycles. The fourth-order valence-electron chi connectivity index (χ4n) is 4.07. The maximum absolute atomic E-state index is 11.2. The molecule has 1 amide bonds. The van der Waals surface area contributed by atoms with E-state index in [-0.39, 0.29) is 5.41 Å². The first-order valence-corrected chi connectivity index (χ1v) is 9.48. The van der Waals surface area contributed by atoms with E-state index in [0.29, 0.717) is 12.3 Å². The van der Waals surface area contributed by atoms with E-state index in [1.165, 1.54) is 5.56 Å². The molecule has 0 radical (unpaired) electrons. The van der Waals surface area contributed by atoms with Crippen molar-refractivity contribution in [1.82, 2.24) is 4.90 Å². The molecule has 27 heavy (non-hydrogen) atoms. The number of benzene rings is 2. The smallest absolute Gasteiger partial charge is 0.409 e. The van der Waals surface area contributed by atoms with Crippen molar-refractivity contribution < 1.29 is 14.6 Å². The Morgan fingerprint density at radius 1 is 1.11 bits per heavy atom. The minimum Gasteiger partial charge on any atom is -0.465 e. The van der Waals surface area contributed by atoms with Gasteiger partial charge in [-0.1, -0.05) is 48.5 Å². The highest BCUT2D eigenvalue weighted by Crippen LogP contribution is 2.39. The van der Waals surface area contributed by atoms with Crippen molar-refractivity contribution in [2.75, 3.05) is 38.7 Å². The zero-order valence-electron chi connectivity index (χ0n) is 15.9. The number of hydrogen-bond acceptors (Lipinski definition) is 3. The number of nitrogens with zero attached hydrogens (tertiary/aromatic N) is 1. The Labute approximate surface area is 161 Å². The standard InChI is InChI=1S/C22H28N2O3/c1-27-17-22(19-9-5-6-10-20(19)23-21(25)26)12-15-24(16-13-22)14-11-18-7-3-2-4-8-18/h2-10,23H,11-17H2,1H3,(H,25,26). The lowest BCUT2D eigenvalue weighted by molar-refractivity contribution is 0.0734. The molecule has 1 heterocycles. The van der Waals surface area contributed by atoms with E-state index < -0.39 is 6.09 Å². The second-order valence-electron chi connectivity index (χ2n) is 7.27. The van der Waals surface area contributed by atoms with E-state index in [1.807, 2.05) is 30.3 Å². The van der Waals surface area contributed by atoms with Crippen LogP contribution in [0.15, 0.2) is 54.6 Å². The third-order valence-electron chi connectivity index (χ3n) is 5.53. The number of likely N-dealkylation sites (tertiary alicyclic amines) is 1. The Morgan fingerprint density at radius 3 is 2.44 bits per heavy atom. The van der Waals surface area contributed by atoms with E-state index in [1.54, 1.807) is 7.11 Å². The molecule has 1 saturated heterocycles. The van der Waals surface area contributed by atoms with Crippen molar-refractivity contribution in [1.29, 1.82) is 0 Å². The second kappa shape index (κ2) is 9.02. The lowest BCUT2D eigenvalue weighted by Gasteiger charge is -2.42. The lowest BCUT2D eigenvalue weighted by Crippen LogP contribution is -2.46. The number of methoxy groups -OCH3 is 1. The summed E-state index contributed by atoms with van der Waals surface area (Å²) in [5.74, 6) is 0. The largest absolute Gasteiger partial charge is 0.465 e. The van der Waals surface area contributed by atoms with Gasteiger partial charge in [-0.2, -0.15) is 0 Å². The number of piperidine rings is 1. The van der Waals surface area contributed by atoms with Gasteiger partial charge in [0.2, 0.25) is 0 Å². The number of nitrogens with one attached hydrogen (secondary N) is 1. The maximum atomic E-state index is 11.2. The summed E-state index contributed by atoms with van der Waals surface area (Å²) in [6.07, 6.45) is 1.92. The average Bonchev–Trinajstić information content (AvgIpc) is 2.68. The minimum absolute atomic E-state index is 0.156. The summed E-state index contributed by atoms with van der Waals surface area (Å²) in [5, 5.41) is 11.7. The van der Waals surface area contributed by atoms with Crippen LogP contribution in [0.3, 0.4) is 0 Å². The molecule has 2 aromatic rings. The third kappa shape index (κ3) is 4.87. The van der Waals surface area contributed by atoms with E-state index in [4.69, 9.17) is 4.74 Å². The average molecular weight is 368 g/mol. The molecular formula is C22H28N2O3. The third-order valence-corrected chi connectivity index (χ3v) is 5.53. The highest BCUT2D eigenvalue weighted by Gasteiger charge is 2.38. The fourth-order valence-corrected chi connectivity index (χ4v) is 4.07. The molecule has 0 aromatic heterocycles. The Bertz CT molecular complexity index is 740. The summed E-state index contributed by atoms with van der Waals surface area (Å²) >= 11 is 0. The van der Waals surface area contributed by atoms with E-state index in [9.17, 15) is 9.90 Å². The van der Waals surface area contributed by atoms with Crippen molar-refractivity contribution in [3.8, 4) is 0 Å². The first kappa shape index (κ1) is 19.4. The molecule has 144 valence electrons. The van der Waals surface area contributed by atoms with Crippen LogP contribution in [0.1, 0.15) is 24.0 Å². The molecule has 3 rings (SSSR count). The maximum Gasteiger partial charge on any atom is 0.409 e. The van der Waals surface area contributed by atoms with Gasteiger partial charge in [-0.3, -0.25) is 5.32 Å². The van der Waals surface area contributed by atoms with Crippen LogP contribution >= 0.6 is 0 Å². The quantitative estimate of drug-likeness (QED) is 0.775. The number of rotatable bonds is 7. The number of amides is 1. The normalized spacial score (nSPS) is 16.8. The monoisotopic (exact) mass is 368 g/mol. The Balaban J connectivity index is 1.70. The molecule has 1 aliphatic heterocycles. The van der Waals surface area contributed by atoms with Crippen LogP contribution in [-0.4, -0.2) is 49.5 Å². The van der Waals surface area contributed by atoms with E-state index in [0.717, 1.165) is 44.5 Å². The number of para-hydroxylation sites is 1. The zero-order chi connectivity index (χ0) is 19.1. The Hall–Kier alpha value is -2.37. The van der Waals surface area contributed by atoms with Gasteiger partial charge in [0, 0.05) is 24.8 Å². The highest BCUT2D eigenvalue weighted by molar-refractivity contribution is 5.84. The molecule has 0 spiro atoms. The molecule has 0 unspecified atom stereocenters. The van der Waals surface area contributed by atoms with Gasteiger partial charge in [-0.05, 0) is 49.5 Å². The topological polar surface area (TPSA) is 61.8 Å². The summed E-state index contributed by atoms with van der Waals surface area (Å²) in [5.41, 5.74) is 2.91. The molecule has 2 N–H and O–H groups in total. The number of ether oxygens (including phenoxy) is 1. The number of hydrogen-bond donors (Lipinski definition) is 2. The summed E-state index contributed by atoms with van der Waals surface area (Å²) in [6, 6.07) is 18.3. The van der Waals surface area contributed by atoms with Crippen LogP contribution in [0, 0.1) is 0 Å². The van der Waals surface area contributed by atoms with Crippen LogP contribution in [0.2, 0.25) is 0 Å². The number of carboxylic acid groups (broad SMARTS) is 1. The number of anilines is 1. The molecule has 0 atom stereocenters. The van der Waals surface area contributed by atoms with Crippen molar-refractivity contribution in [3.63, 3.8) is 0 Å². The van der Waals surface area contributed by atoms with E-state index in [2.05, 4.69) is 34.5 Å². The molecule has 0 aliphatic carbocycles. The zero-order valence-corrected chi connectivity index (χ0v) is 15.9. The Kier molecular flexibility index (Phi) is 6.48. The lowest BCUT2D eigenvalue weighted by atomic mass is 9.72. The van der Waals surface area contributed by atoms with Crippen molar-refractivity contribution in [2.45, 2.75) is 24.7 Å². The molecule has 5 heteroatoms. The number of carbonyl (C=O) groups is 1. The highest BCUT2D eigenvalue weighted by atomic mass is 16.5. The van der Waals surface area contributed by atoms with Gasteiger partial charge >= 0.3 is 6.09 Å². The molecule has 1 aliphatic rings. The van der Waals surface area contributed by atoms with Crippen LogP contribution < -0.4 is 5.32 Å². The van der Waals surface area contributed by atoms with Crippen molar-refractivity contribution in [2.24, 2.45) is 0 Å². The van der Waals surface area contributed by atoms with Gasteiger partial charge in [-0.15, -0.1) is 0 Å². The molecule has 5 nitrogen and oxygen atoms in total. The predicted octanol–water partition coefficient (Wildman–Crippen LogP) is 4.00. The predicted molar refractivity (Wildman–Crippen MR) is 107 cm³/mol. The molecule has 2 aromatic carbocycles. The Morgan fingerprint density at radius 2 is 1.78 bits per heavy atom. The fraction of sp³-hybridized carbons (Fsp3) is 0.409. The summed E-state index contributed by atoms with van der Waals surface area (Å²) < 4.78 is 5.57. The summed E-state index contributed by atoms with van der Waals surface area (Å²) in [4.78, 5) is 13.7. The van der Waals surface area contributed by atoms with Gasteiger partial charge in [0.25, 0.3) is 0 Å². The van der Waals surface area contributed by atoms with Gasteiger partial charge in [0.05, 0.1) is 6.61 Å². The van der Waals surface area contributed by atoms with Crippen LogP contribution in [0.25, 0.3) is 0 Å². The van der Waals surface area contributed by atoms with Gasteiger partial charge in [0.15, 0.2) is 0 Å². The molecule has 0 bridgehead atoms. The van der Waals surface area contributed by atoms with Crippen molar-refractivity contribution >= 4 is 11.8 Å². The van der Waals surface area contributed by atoms with Gasteiger partial charge < -0.3 is 14.7 Å². The first-order chi connectivity index (χ1) is 13.1. The summed E-state index contributed by atoms with van der Waals surface area (Å²) in [6.45, 7) is 3.61. The second-order valence-corrected chi connectivity index (χ2v) is 7.27. The van der Waals surface area contributed by atoms with Gasteiger partial charge in [-0.25, -0.2) is 4.79 Å². The first-order valence-electron chi connectivity index (χ1n) is 9.48. The molecular weight excluding hydrogens is 340 g/mol. The minimum atomic E-state index is -1.03. The van der Waals surface area contributed by atoms with Crippen LogP contribution in [0.5, 0.6) is 0 Å². The summed E-state index contributed by atoms with van der Waals surface area (Å²) in [7, 11) is 1.72. The van der Waals surface area contributed by atoms with Crippen LogP contribution in [0.4, 0.5) is 10.5 Å².